The van der Waals surface area contributed by atoms with Crippen molar-refractivity contribution in [2.45, 2.75) is 102 Å². The van der Waals surface area contributed by atoms with Gasteiger partial charge in [-0.1, -0.05) is 97.0 Å². The van der Waals surface area contributed by atoms with Gasteiger partial charge in [-0.15, -0.1) is 0 Å². The van der Waals surface area contributed by atoms with E-state index in [2.05, 4.69) is 46.9 Å². The summed E-state index contributed by atoms with van der Waals surface area (Å²) in [7, 11) is -2.66. The normalized spacial score (nSPS) is 26.6. The highest BCUT2D eigenvalue weighted by molar-refractivity contribution is 6.77. The van der Waals surface area contributed by atoms with Crippen molar-refractivity contribution in [2.24, 2.45) is 0 Å². The van der Waals surface area contributed by atoms with Gasteiger partial charge in [0.05, 0.1) is 0 Å². The number of nitrogens with one attached hydrogen (secondary N) is 1. The monoisotopic (exact) mass is 525 g/mol. The Morgan fingerprint density at radius 2 is 1.65 bits per heavy atom. The van der Waals surface area contributed by atoms with Crippen LogP contribution in [0.25, 0.3) is 0 Å². The highest BCUT2D eigenvalue weighted by Gasteiger charge is 2.73. The first-order valence-electron chi connectivity index (χ1n) is 13.4. The standard InChI is InChI=1S/C30H43NO5Si/c1-9-10-11-15-18-25-23(8)26(32)30(35-25)27(36-37(20(2)3,21(4)5)22(6)7)29(34,31-28(30)33)19-24-16-13-12-14-17-24/h10-18,20-22,27,34H,9,19H2,1-8H3,(H,31,33)/b11-10+,18-15+/t27-,29+,30+/m0/s1. The molecule has 0 radical (unpaired) electrons. The summed E-state index contributed by atoms with van der Waals surface area (Å²) in [6.07, 6.45) is 7.11. The Hall–Kier alpha value is -2.48. The van der Waals surface area contributed by atoms with E-state index in [0.29, 0.717) is 11.3 Å². The van der Waals surface area contributed by atoms with Crippen LogP contribution in [0.1, 0.15) is 67.4 Å². The van der Waals surface area contributed by atoms with E-state index >= 15 is 0 Å². The van der Waals surface area contributed by atoms with Crippen molar-refractivity contribution >= 4 is 20.0 Å². The molecule has 202 valence electrons. The van der Waals surface area contributed by atoms with Gasteiger partial charge in [0.25, 0.3) is 11.5 Å². The van der Waals surface area contributed by atoms with E-state index in [0.717, 1.165) is 12.0 Å². The van der Waals surface area contributed by atoms with Crippen LogP contribution in [0.3, 0.4) is 0 Å². The van der Waals surface area contributed by atoms with E-state index in [-0.39, 0.29) is 23.0 Å². The molecule has 6 nitrogen and oxygen atoms in total. The molecule has 2 aliphatic heterocycles. The molecule has 0 aliphatic carbocycles. The largest absolute Gasteiger partial charge is 0.466 e. The van der Waals surface area contributed by atoms with Gasteiger partial charge in [0, 0.05) is 12.0 Å². The first-order chi connectivity index (χ1) is 17.4. The first kappa shape index (κ1) is 29.1. The zero-order chi connectivity index (χ0) is 27.6. The van der Waals surface area contributed by atoms with Gasteiger partial charge in [0.2, 0.25) is 14.1 Å². The molecule has 1 aromatic rings. The van der Waals surface area contributed by atoms with E-state index in [1.54, 1.807) is 19.1 Å². The first-order valence-corrected chi connectivity index (χ1v) is 15.5. The van der Waals surface area contributed by atoms with E-state index < -0.39 is 37.4 Å². The number of carbonyl (C=O) groups is 2. The fourth-order valence-electron chi connectivity index (χ4n) is 6.17. The minimum absolute atomic E-state index is 0.0882. The Morgan fingerprint density at radius 1 is 1.05 bits per heavy atom. The van der Waals surface area contributed by atoms with E-state index in [9.17, 15) is 14.7 Å². The topological polar surface area (TPSA) is 84.9 Å². The maximum absolute atomic E-state index is 13.9. The van der Waals surface area contributed by atoms with Gasteiger partial charge in [-0.05, 0) is 41.6 Å². The molecule has 1 aromatic carbocycles. The van der Waals surface area contributed by atoms with E-state index in [1.807, 2.05) is 49.4 Å². The minimum atomic E-state index is -2.66. The van der Waals surface area contributed by atoms with Crippen LogP contribution < -0.4 is 5.32 Å². The zero-order valence-electron chi connectivity index (χ0n) is 23.5. The molecule has 3 atom stereocenters. The molecule has 2 aliphatic rings. The molecular weight excluding hydrogens is 482 g/mol. The molecule has 2 N–H and O–H groups in total. The lowest BCUT2D eigenvalue weighted by Crippen LogP contribution is -2.64. The smallest absolute Gasteiger partial charge is 0.277 e. The second-order valence-electron chi connectivity index (χ2n) is 11.2. The fourth-order valence-corrected chi connectivity index (χ4v) is 11.8. The average Bonchev–Trinajstić information content (AvgIpc) is 3.19. The molecule has 0 saturated carbocycles. The summed E-state index contributed by atoms with van der Waals surface area (Å²) >= 11 is 0. The highest BCUT2D eigenvalue weighted by Crippen LogP contribution is 2.50. The van der Waals surface area contributed by atoms with Crippen LogP contribution in [0, 0.1) is 0 Å². The van der Waals surface area contributed by atoms with Gasteiger partial charge in [0.1, 0.15) is 11.9 Å². The Bertz CT molecular complexity index is 1070. The third-order valence-corrected chi connectivity index (χ3v) is 13.9. The number of benzene rings is 1. The predicted molar refractivity (Wildman–Crippen MR) is 149 cm³/mol. The zero-order valence-corrected chi connectivity index (χ0v) is 24.5. The Kier molecular flexibility index (Phi) is 8.72. The summed E-state index contributed by atoms with van der Waals surface area (Å²) < 4.78 is 13.4. The van der Waals surface area contributed by atoms with Crippen LogP contribution in [0.2, 0.25) is 16.6 Å². The molecule has 3 rings (SSSR count). The molecule has 0 unspecified atom stereocenters. The van der Waals surface area contributed by atoms with Gasteiger partial charge in [-0.25, -0.2) is 0 Å². The lowest BCUT2D eigenvalue weighted by molar-refractivity contribution is -0.159. The van der Waals surface area contributed by atoms with Crippen LogP contribution >= 0.6 is 0 Å². The third kappa shape index (κ3) is 5.01. The number of ether oxygens (including phenoxy) is 1. The van der Waals surface area contributed by atoms with Crippen molar-refractivity contribution in [1.29, 1.82) is 0 Å². The number of allylic oxidation sites excluding steroid dienone is 4. The number of hydrogen-bond acceptors (Lipinski definition) is 5. The van der Waals surface area contributed by atoms with Gasteiger partial charge < -0.3 is 19.6 Å². The van der Waals surface area contributed by atoms with Crippen molar-refractivity contribution in [2.75, 3.05) is 0 Å². The average molecular weight is 526 g/mol. The van der Waals surface area contributed by atoms with Crippen LogP contribution in [-0.2, 0) is 25.2 Å². The lowest BCUT2D eigenvalue weighted by atomic mass is 9.85. The molecule has 0 bridgehead atoms. The van der Waals surface area contributed by atoms with Crippen molar-refractivity contribution in [1.82, 2.24) is 5.32 Å². The summed E-state index contributed by atoms with van der Waals surface area (Å²) in [5.41, 5.74) is -2.13. The number of rotatable bonds is 10. The number of Topliss-reactive ketones (excluding diaryl/α,β-unsaturated/α-hetero) is 1. The molecule has 0 aromatic heterocycles. The summed E-state index contributed by atoms with van der Waals surface area (Å²) in [5, 5.41) is 14.9. The lowest BCUT2D eigenvalue weighted by Gasteiger charge is -2.48. The maximum atomic E-state index is 13.9. The third-order valence-electron chi connectivity index (χ3n) is 7.86. The summed E-state index contributed by atoms with van der Waals surface area (Å²) in [4.78, 5) is 27.7. The number of amides is 1. The predicted octanol–water partition coefficient (Wildman–Crippen LogP) is 5.74. The highest BCUT2D eigenvalue weighted by atomic mass is 28.4. The number of aliphatic hydroxyl groups is 1. The van der Waals surface area contributed by atoms with Crippen LogP contribution in [-0.4, -0.2) is 42.5 Å². The second kappa shape index (κ2) is 11.1. The van der Waals surface area contributed by atoms with Crippen molar-refractivity contribution in [3.63, 3.8) is 0 Å². The molecule has 1 spiro atoms. The van der Waals surface area contributed by atoms with Gasteiger partial charge >= 0.3 is 0 Å². The second-order valence-corrected chi connectivity index (χ2v) is 16.6. The Labute approximate surface area is 223 Å². The van der Waals surface area contributed by atoms with Crippen molar-refractivity contribution in [3.05, 3.63) is 71.5 Å². The van der Waals surface area contributed by atoms with Crippen molar-refractivity contribution in [3.8, 4) is 0 Å². The molecule has 1 saturated heterocycles. The Balaban J connectivity index is 2.16. The van der Waals surface area contributed by atoms with Gasteiger partial charge in [0.15, 0.2) is 5.72 Å². The number of carbonyl (C=O) groups excluding carboxylic acids is 2. The molecule has 37 heavy (non-hydrogen) atoms. The van der Waals surface area contributed by atoms with Crippen LogP contribution in [0.4, 0.5) is 0 Å². The van der Waals surface area contributed by atoms with Gasteiger partial charge in [-0.2, -0.15) is 0 Å². The quantitative estimate of drug-likeness (QED) is 0.231. The number of ketones is 1. The van der Waals surface area contributed by atoms with Gasteiger partial charge in [-0.3, -0.25) is 9.59 Å². The Morgan fingerprint density at radius 3 is 2.19 bits per heavy atom. The van der Waals surface area contributed by atoms with Crippen LogP contribution in [0.5, 0.6) is 0 Å². The molecule has 2 heterocycles. The fraction of sp³-hybridized carbons (Fsp3) is 0.533. The summed E-state index contributed by atoms with van der Waals surface area (Å²) in [6, 6.07) is 9.43. The molecule has 1 fully saturated rings. The molecular formula is C30H43NO5Si. The number of hydrogen-bond donors (Lipinski definition) is 2. The van der Waals surface area contributed by atoms with E-state index in [1.165, 1.54) is 0 Å². The minimum Gasteiger partial charge on any atom is -0.466 e. The SMILES string of the molecule is CC/C=C/C=C/C1=C(C)C(=O)[C@]2(O1)C(=O)N[C@@](O)(Cc1ccccc1)[C@@H]2O[Si](C(C)C)(C(C)C)C(C)C. The van der Waals surface area contributed by atoms with Crippen molar-refractivity contribution < 1.29 is 23.9 Å². The summed E-state index contributed by atoms with van der Waals surface area (Å²) in [5.74, 6) is -0.798. The molecule has 1 amide bonds. The van der Waals surface area contributed by atoms with E-state index in [4.69, 9.17) is 9.16 Å². The van der Waals surface area contributed by atoms with Crippen LogP contribution in [0.15, 0.2) is 66.0 Å². The summed E-state index contributed by atoms with van der Waals surface area (Å²) in [6.45, 7) is 16.5. The maximum Gasteiger partial charge on any atom is 0.277 e. The molecule has 7 heteroatoms.